The molecular formula is C21H20N2O3S. The fourth-order valence-electron chi connectivity index (χ4n) is 2.50. The van der Waals surface area contributed by atoms with Gasteiger partial charge in [-0.05, 0) is 42.6 Å². The number of nitrogens with one attached hydrogen (secondary N) is 2. The van der Waals surface area contributed by atoms with Crippen LogP contribution in [-0.4, -0.2) is 18.4 Å². The van der Waals surface area contributed by atoms with Crippen molar-refractivity contribution in [2.75, 3.05) is 11.9 Å². The van der Waals surface area contributed by atoms with E-state index in [4.69, 9.17) is 4.74 Å². The van der Waals surface area contributed by atoms with Crippen molar-refractivity contribution in [3.63, 3.8) is 0 Å². The summed E-state index contributed by atoms with van der Waals surface area (Å²) in [6.07, 6.45) is 0. The number of rotatable bonds is 7. The molecule has 27 heavy (non-hydrogen) atoms. The zero-order valence-corrected chi connectivity index (χ0v) is 15.7. The molecule has 0 saturated carbocycles. The molecule has 3 aromatic rings. The van der Waals surface area contributed by atoms with Gasteiger partial charge in [-0.3, -0.25) is 9.59 Å². The molecule has 2 N–H and O–H groups in total. The van der Waals surface area contributed by atoms with Gasteiger partial charge in [0, 0.05) is 22.2 Å². The predicted octanol–water partition coefficient (Wildman–Crippen LogP) is 4.26. The van der Waals surface area contributed by atoms with Crippen LogP contribution >= 0.6 is 11.3 Å². The van der Waals surface area contributed by atoms with Gasteiger partial charge in [-0.25, -0.2) is 0 Å². The molecule has 0 radical (unpaired) electrons. The van der Waals surface area contributed by atoms with Gasteiger partial charge in [0.15, 0.2) is 6.61 Å². The zero-order chi connectivity index (χ0) is 19.1. The number of benzene rings is 2. The van der Waals surface area contributed by atoms with Crippen molar-refractivity contribution < 1.29 is 14.3 Å². The van der Waals surface area contributed by atoms with Gasteiger partial charge in [0.05, 0.1) is 6.04 Å². The number of thiophene rings is 1. The molecule has 2 amide bonds. The first-order valence-corrected chi connectivity index (χ1v) is 9.42. The normalized spacial score (nSPS) is 11.4. The Kier molecular flexibility index (Phi) is 6.22. The number of hydrogen-bond donors (Lipinski definition) is 2. The van der Waals surface area contributed by atoms with E-state index in [0.29, 0.717) is 17.0 Å². The molecule has 6 heteroatoms. The topological polar surface area (TPSA) is 67.4 Å². The number of amides is 2. The minimum atomic E-state index is -0.199. The van der Waals surface area contributed by atoms with Crippen molar-refractivity contribution in [1.82, 2.24) is 5.32 Å². The average molecular weight is 380 g/mol. The molecule has 0 aliphatic heterocycles. The molecule has 0 bridgehead atoms. The molecule has 138 valence electrons. The fourth-order valence-corrected chi connectivity index (χ4v) is 3.23. The van der Waals surface area contributed by atoms with Crippen LogP contribution in [0.4, 0.5) is 5.69 Å². The van der Waals surface area contributed by atoms with Gasteiger partial charge in [-0.15, -0.1) is 11.3 Å². The molecule has 0 saturated heterocycles. The van der Waals surface area contributed by atoms with Crippen molar-refractivity contribution in [2.45, 2.75) is 13.0 Å². The van der Waals surface area contributed by atoms with E-state index >= 15 is 0 Å². The van der Waals surface area contributed by atoms with Crippen LogP contribution in [0.1, 0.15) is 28.2 Å². The fraction of sp³-hybridized carbons (Fsp3) is 0.143. The zero-order valence-electron chi connectivity index (χ0n) is 14.8. The maximum atomic E-state index is 12.2. The summed E-state index contributed by atoms with van der Waals surface area (Å²) in [7, 11) is 0. The van der Waals surface area contributed by atoms with Crippen LogP contribution < -0.4 is 15.4 Å². The van der Waals surface area contributed by atoms with Gasteiger partial charge < -0.3 is 15.4 Å². The minimum absolute atomic E-state index is 0.0578. The summed E-state index contributed by atoms with van der Waals surface area (Å²) in [6, 6.07) is 19.8. The second kappa shape index (κ2) is 9.00. The lowest BCUT2D eigenvalue weighted by molar-refractivity contribution is -0.123. The largest absolute Gasteiger partial charge is 0.484 e. The molecule has 1 heterocycles. The van der Waals surface area contributed by atoms with E-state index in [2.05, 4.69) is 10.6 Å². The third-order valence-corrected chi connectivity index (χ3v) is 4.90. The summed E-state index contributed by atoms with van der Waals surface area (Å²) in [5.74, 6) is 0.115. The number of carbonyl (C=O) groups is 2. The van der Waals surface area contributed by atoms with E-state index < -0.39 is 0 Å². The molecule has 5 nitrogen and oxygen atoms in total. The molecule has 0 spiro atoms. The van der Waals surface area contributed by atoms with Crippen LogP contribution in [0.15, 0.2) is 72.1 Å². The Morgan fingerprint density at radius 2 is 1.85 bits per heavy atom. The van der Waals surface area contributed by atoms with E-state index in [0.717, 1.165) is 4.88 Å². The highest BCUT2D eigenvalue weighted by Gasteiger charge is 2.11. The first kappa shape index (κ1) is 18.7. The Morgan fingerprint density at radius 1 is 1.04 bits per heavy atom. The van der Waals surface area contributed by atoms with Crippen molar-refractivity contribution >= 4 is 28.8 Å². The van der Waals surface area contributed by atoms with E-state index in [1.165, 1.54) is 0 Å². The van der Waals surface area contributed by atoms with Gasteiger partial charge in [0.2, 0.25) is 0 Å². The van der Waals surface area contributed by atoms with Crippen LogP contribution in [0.25, 0.3) is 0 Å². The van der Waals surface area contributed by atoms with Gasteiger partial charge >= 0.3 is 0 Å². The van der Waals surface area contributed by atoms with Crippen LogP contribution in [0.2, 0.25) is 0 Å². The molecule has 1 unspecified atom stereocenters. The van der Waals surface area contributed by atoms with Crippen LogP contribution in [-0.2, 0) is 4.79 Å². The third-order valence-electron chi connectivity index (χ3n) is 3.85. The third kappa shape index (κ3) is 5.43. The van der Waals surface area contributed by atoms with Crippen molar-refractivity contribution in [2.24, 2.45) is 0 Å². The van der Waals surface area contributed by atoms with Gasteiger partial charge in [0.1, 0.15) is 5.75 Å². The first-order valence-electron chi connectivity index (χ1n) is 8.54. The summed E-state index contributed by atoms with van der Waals surface area (Å²) in [5.41, 5.74) is 1.18. The van der Waals surface area contributed by atoms with Gasteiger partial charge in [-0.2, -0.15) is 0 Å². The second-order valence-electron chi connectivity index (χ2n) is 5.94. The quantitative estimate of drug-likeness (QED) is 0.644. The maximum Gasteiger partial charge on any atom is 0.258 e. The smallest absolute Gasteiger partial charge is 0.258 e. The van der Waals surface area contributed by atoms with Crippen LogP contribution in [0.3, 0.4) is 0 Å². The summed E-state index contributed by atoms with van der Waals surface area (Å²) in [4.78, 5) is 25.4. The predicted molar refractivity (Wildman–Crippen MR) is 107 cm³/mol. The van der Waals surface area contributed by atoms with Crippen molar-refractivity contribution in [3.8, 4) is 5.75 Å². The maximum absolute atomic E-state index is 12.2. The van der Waals surface area contributed by atoms with E-state index in [9.17, 15) is 9.59 Å². The molecule has 0 aliphatic rings. The number of hydrogen-bond acceptors (Lipinski definition) is 4. The Hall–Kier alpha value is -3.12. The SMILES string of the molecule is CC(NC(=O)COc1cccc(NC(=O)c2ccccc2)c1)c1cccs1. The second-order valence-corrected chi connectivity index (χ2v) is 6.92. The van der Waals surface area contributed by atoms with E-state index in [1.54, 1.807) is 47.7 Å². The Morgan fingerprint density at radius 3 is 2.59 bits per heavy atom. The summed E-state index contributed by atoms with van der Waals surface area (Å²) >= 11 is 1.60. The van der Waals surface area contributed by atoms with Crippen LogP contribution in [0, 0.1) is 0 Å². The lowest BCUT2D eigenvalue weighted by atomic mass is 10.2. The molecule has 0 aliphatic carbocycles. The number of ether oxygens (including phenoxy) is 1. The summed E-state index contributed by atoms with van der Waals surface area (Å²) < 4.78 is 5.55. The molecule has 3 rings (SSSR count). The number of anilines is 1. The highest BCUT2D eigenvalue weighted by molar-refractivity contribution is 7.10. The highest BCUT2D eigenvalue weighted by atomic mass is 32.1. The van der Waals surface area contributed by atoms with Gasteiger partial charge in [0.25, 0.3) is 11.8 Å². The molecular weight excluding hydrogens is 360 g/mol. The van der Waals surface area contributed by atoms with Crippen LogP contribution in [0.5, 0.6) is 5.75 Å². The minimum Gasteiger partial charge on any atom is -0.484 e. The van der Waals surface area contributed by atoms with E-state index in [-0.39, 0.29) is 24.5 Å². The standard InChI is InChI=1S/C21H20N2O3S/c1-15(19-11-6-12-27-19)22-20(24)14-26-18-10-5-9-17(13-18)23-21(25)16-7-3-2-4-8-16/h2-13,15H,14H2,1H3,(H,22,24)(H,23,25). The molecule has 1 atom stereocenters. The lowest BCUT2D eigenvalue weighted by Crippen LogP contribution is -2.30. The lowest BCUT2D eigenvalue weighted by Gasteiger charge is -2.13. The van der Waals surface area contributed by atoms with Crippen molar-refractivity contribution in [3.05, 3.63) is 82.6 Å². The first-order chi connectivity index (χ1) is 13.1. The Labute approximate surface area is 162 Å². The summed E-state index contributed by atoms with van der Waals surface area (Å²) in [6.45, 7) is 1.84. The highest BCUT2D eigenvalue weighted by Crippen LogP contribution is 2.19. The van der Waals surface area contributed by atoms with Gasteiger partial charge in [-0.1, -0.05) is 30.3 Å². The van der Waals surface area contributed by atoms with E-state index in [1.807, 2.05) is 42.6 Å². The average Bonchev–Trinajstić information content (AvgIpc) is 3.22. The monoisotopic (exact) mass is 380 g/mol. The Balaban J connectivity index is 1.53. The molecule has 1 aromatic heterocycles. The molecule has 0 fully saturated rings. The molecule has 2 aromatic carbocycles. The number of carbonyl (C=O) groups excluding carboxylic acids is 2. The summed E-state index contributed by atoms with van der Waals surface area (Å²) in [5, 5.41) is 7.69. The Bertz CT molecular complexity index is 895. The van der Waals surface area contributed by atoms with Crippen molar-refractivity contribution in [1.29, 1.82) is 0 Å².